The number of amides is 1. The van der Waals surface area contributed by atoms with Crippen LogP contribution in [-0.2, 0) is 17.8 Å². The molecule has 26 heavy (non-hydrogen) atoms. The van der Waals surface area contributed by atoms with Crippen molar-refractivity contribution < 1.29 is 4.79 Å². The van der Waals surface area contributed by atoms with Gasteiger partial charge in [0.05, 0.1) is 15.2 Å². The standard InChI is InChI=1S/C20H24N4OS/c1-15-21-10-12-23(15)13-16-5-4-11-24(14-16)20(25)9-8-19-22-17-6-2-3-7-18(17)26-19/h2-3,6-7,10,12,16H,4-5,8-9,11,13-14H2,1H3/t16-/m0/s1. The number of rotatable bonds is 5. The maximum absolute atomic E-state index is 12.7. The number of hydrogen-bond donors (Lipinski definition) is 0. The second-order valence-electron chi connectivity index (χ2n) is 7.05. The van der Waals surface area contributed by atoms with Gasteiger partial charge >= 0.3 is 0 Å². The van der Waals surface area contributed by atoms with Crippen molar-refractivity contribution in [2.24, 2.45) is 5.92 Å². The molecule has 0 bridgehead atoms. The van der Waals surface area contributed by atoms with Gasteiger partial charge in [-0.3, -0.25) is 4.79 Å². The van der Waals surface area contributed by atoms with E-state index >= 15 is 0 Å². The van der Waals surface area contributed by atoms with Gasteiger partial charge in [-0.25, -0.2) is 9.97 Å². The Kier molecular flexibility index (Phi) is 5.02. The topological polar surface area (TPSA) is 51.0 Å². The normalized spacial score (nSPS) is 17.7. The highest BCUT2D eigenvalue weighted by Gasteiger charge is 2.24. The lowest BCUT2D eigenvalue weighted by atomic mass is 9.97. The number of imidazole rings is 1. The number of para-hydroxylation sites is 1. The van der Waals surface area contributed by atoms with E-state index < -0.39 is 0 Å². The van der Waals surface area contributed by atoms with Crippen LogP contribution in [0.15, 0.2) is 36.7 Å². The number of aromatic nitrogens is 3. The van der Waals surface area contributed by atoms with E-state index in [-0.39, 0.29) is 5.91 Å². The number of carbonyl (C=O) groups excluding carboxylic acids is 1. The third-order valence-electron chi connectivity index (χ3n) is 5.14. The van der Waals surface area contributed by atoms with Crippen LogP contribution in [0.25, 0.3) is 10.2 Å². The smallest absolute Gasteiger partial charge is 0.222 e. The van der Waals surface area contributed by atoms with Crippen molar-refractivity contribution in [3.8, 4) is 0 Å². The van der Waals surface area contributed by atoms with Crippen molar-refractivity contribution >= 4 is 27.5 Å². The van der Waals surface area contributed by atoms with Gasteiger partial charge in [-0.2, -0.15) is 0 Å². The zero-order chi connectivity index (χ0) is 17.9. The molecule has 6 heteroatoms. The number of nitrogens with zero attached hydrogens (tertiary/aromatic N) is 4. The van der Waals surface area contributed by atoms with Crippen LogP contribution < -0.4 is 0 Å². The van der Waals surface area contributed by atoms with Gasteiger partial charge in [0.25, 0.3) is 0 Å². The molecular weight excluding hydrogens is 344 g/mol. The van der Waals surface area contributed by atoms with Gasteiger partial charge in [0.2, 0.25) is 5.91 Å². The molecule has 0 N–H and O–H groups in total. The van der Waals surface area contributed by atoms with Gasteiger partial charge in [-0.05, 0) is 37.8 Å². The molecule has 0 unspecified atom stereocenters. The molecule has 0 saturated carbocycles. The highest BCUT2D eigenvalue weighted by Crippen LogP contribution is 2.24. The van der Waals surface area contributed by atoms with Crippen LogP contribution in [-0.4, -0.2) is 38.4 Å². The quantitative estimate of drug-likeness (QED) is 0.690. The van der Waals surface area contributed by atoms with Crippen LogP contribution in [0, 0.1) is 12.8 Å². The molecule has 1 fully saturated rings. The summed E-state index contributed by atoms with van der Waals surface area (Å²) in [4.78, 5) is 23.7. The maximum atomic E-state index is 12.7. The Bertz CT molecular complexity index is 867. The van der Waals surface area contributed by atoms with Gasteiger partial charge < -0.3 is 9.47 Å². The zero-order valence-corrected chi connectivity index (χ0v) is 15.9. The fourth-order valence-electron chi connectivity index (χ4n) is 3.71. The molecule has 4 rings (SSSR count). The summed E-state index contributed by atoms with van der Waals surface area (Å²) in [6.07, 6.45) is 7.43. The van der Waals surface area contributed by atoms with E-state index in [0.717, 1.165) is 48.8 Å². The Morgan fingerprint density at radius 3 is 3.04 bits per heavy atom. The third-order valence-corrected chi connectivity index (χ3v) is 6.24. The number of benzene rings is 1. The van der Waals surface area contributed by atoms with E-state index in [1.807, 2.05) is 42.4 Å². The number of carbonyl (C=O) groups is 1. The fraction of sp³-hybridized carbons (Fsp3) is 0.450. The number of fused-ring (bicyclic) bond motifs is 1. The van der Waals surface area contributed by atoms with Crippen LogP contribution in [0.1, 0.15) is 30.1 Å². The van der Waals surface area contributed by atoms with E-state index in [2.05, 4.69) is 20.6 Å². The molecule has 136 valence electrons. The summed E-state index contributed by atoms with van der Waals surface area (Å²) >= 11 is 1.70. The Labute approximate surface area is 157 Å². The minimum Gasteiger partial charge on any atom is -0.342 e. The van der Waals surface area contributed by atoms with Crippen LogP contribution in [0.2, 0.25) is 0 Å². The predicted octanol–water partition coefficient (Wildman–Crippen LogP) is 3.67. The van der Waals surface area contributed by atoms with E-state index in [4.69, 9.17) is 0 Å². The highest BCUT2D eigenvalue weighted by molar-refractivity contribution is 7.18. The molecule has 3 aromatic rings. The van der Waals surface area contributed by atoms with E-state index in [0.29, 0.717) is 12.3 Å². The van der Waals surface area contributed by atoms with Crippen LogP contribution in [0.4, 0.5) is 0 Å². The van der Waals surface area contributed by atoms with Gasteiger partial charge in [0.1, 0.15) is 5.82 Å². The Hall–Kier alpha value is -2.21. The van der Waals surface area contributed by atoms with Crippen molar-refractivity contribution in [3.05, 3.63) is 47.5 Å². The molecule has 5 nitrogen and oxygen atoms in total. The summed E-state index contributed by atoms with van der Waals surface area (Å²) in [5, 5.41) is 1.06. The Balaban J connectivity index is 1.33. The first-order valence-electron chi connectivity index (χ1n) is 9.29. The van der Waals surface area contributed by atoms with Gasteiger partial charge in [-0.1, -0.05) is 12.1 Å². The molecule has 1 amide bonds. The number of aryl methyl sites for hydroxylation is 2. The molecular formula is C20H24N4OS. The van der Waals surface area contributed by atoms with Crippen LogP contribution in [0.5, 0.6) is 0 Å². The minimum absolute atomic E-state index is 0.260. The lowest BCUT2D eigenvalue weighted by Gasteiger charge is -2.33. The van der Waals surface area contributed by atoms with Gasteiger partial charge in [0, 0.05) is 44.9 Å². The van der Waals surface area contributed by atoms with Gasteiger partial charge in [0.15, 0.2) is 0 Å². The molecule has 2 aromatic heterocycles. The molecule has 3 heterocycles. The predicted molar refractivity (Wildman–Crippen MR) is 104 cm³/mol. The average Bonchev–Trinajstić information content (AvgIpc) is 3.26. The summed E-state index contributed by atoms with van der Waals surface area (Å²) in [6, 6.07) is 8.16. The average molecular weight is 369 g/mol. The largest absolute Gasteiger partial charge is 0.342 e. The molecule has 0 spiro atoms. The summed E-state index contributed by atoms with van der Waals surface area (Å²) in [5.41, 5.74) is 1.04. The highest BCUT2D eigenvalue weighted by atomic mass is 32.1. The van der Waals surface area contributed by atoms with Gasteiger partial charge in [-0.15, -0.1) is 11.3 Å². The van der Waals surface area contributed by atoms with Crippen molar-refractivity contribution in [2.45, 2.75) is 39.2 Å². The molecule has 1 aliphatic rings. The Morgan fingerprint density at radius 2 is 2.23 bits per heavy atom. The second kappa shape index (κ2) is 7.58. The molecule has 0 radical (unpaired) electrons. The first-order chi connectivity index (χ1) is 12.7. The number of thiazole rings is 1. The molecule has 0 aliphatic carbocycles. The molecule has 1 atom stereocenters. The van der Waals surface area contributed by atoms with Crippen molar-refractivity contribution in [1.82, 2.24) is 19.4 Å². The number of piperidine rings is 1. The van der Waals surface area contributed by atoms with E-state index in [9.17, 15) is 4.79 Å². The summed E-state index contributed by atoms with van der Waals surface area (Å²) in [6.45, 7) is 4.73. The Morgan fingerprint density at radius 1 is 1.35 bits per heavy atom. The first-order valence-corrected chi connectivity index (χ1v) is 10.1. The van der Waals surface area contributed by atoms with E-state index in [1.165, 1.54) is 11.1 Å². The monoisotopic (exact) mass is 368 g/mol. The summed E-state index contributed by atoms with van der Waals surface area (Å²) < 4.78 is 3.39. The number of likely N-dealkylation sites (tertiary alicyclic amines) is 1. The van der Waals surface area contributed by atoms with Crippen LogP contribution in [0.3, 0.4) is 0 Å². The fourth-order valence-corrected chi connectivity index (χ4v) is 4.68. The minimum atomic E-state index is 0.260. The summed E-state index contributed by atoms with van der Waals surface area (Å²) in [5.74, 6) is 1.82. The van der Waals surface area contributed by atoms with Crippen molar-refractivity contribution in [1.29, 1.82) is 0 Å². The third kappa shape index (κ3) is 3.80. The van der Waals surface area contributed by atoms with Crippen molar-refractivity contribution in [3.63, 3.8) is 0 Å². The van der Waals surface area contributed by atoms with Crippen LogP contribution >= 0.6 is 11.3 Å². The SMILES string of the molecule is Cc1nccn1C[C@@H]1CCCN(C(=O)CCc2nc3ccccc3s2)C1. The lowest BCUT2D eigenvalue weighted by Crippen LogP contribution is -2.41. The molecule has 1 aromatic carbocycles. The maximum Gasteiger partial charge on any atom is 0.222 e. The second-order valence-corrected chi connectivity index (χ2v) is 8.17. The van der Waals surface area contributed by atoms with Crippen molar-refractivity contribution in [2.75, 3.05) is 13.1 Å². The summed E-state index contributed by atoms with van der Waals surface area (Å²) in [7, 11) is 0. The molecule has 1 saturated heterocycles. The lowest BCUT2D eigenvalue weighted by molar-refractivity contribution is -0.133. The number of hydrogen-bond acceptors (Lipinski definition) is 4. The first kappa shape index (κ1) is 17.2. The molecule has 1 aliphatic heterocycles. The van der Waals surface area contributed by atoms with E-state index in [1.54, 1.807) is 11.3 Å². The zero-order valence-electron chi connectivity index (χ0n) is 15.1.